The first kappa shape index (κ1) is 13.9. The lowest BCUT2D eigenvalue weighted by atomic mass is 10.00. The smallest absolute Gasteiger partial charge is 0.164 e. The first-order valence-corrected chi connectivity index (χ1v) is 6.37. The van der Waals surface area contributed by atoms with Crippen molar-refractivity contribution in [3.63, 3.8) is 0 Å². The van der Waals surface area contributed by atoms with Crippen LogP contribution in [-0.2, 0) is 0 Å². The van der Waals surface area contributed by atoms with Gasteiger partial charge < -0.3 is 5.32 Å². The number of hydrogen-bond donors (Lipinski definition) is 1. The van der Waals surface area contributed by atoms with E-state index in [9.17, 15) is 4.79 Å². The standard InChI is InChI=1S/C15H23NO/c1-11(2)13-5-7-14(8-6-13)15(17)9-10-16-12(3)4/h5-8,11-12,16H,9-10H2,1-4H3. The molecule has 0 aliphatic heterocycles. The van der Waals surface area contributed by atoms with Crippen molar-refractivity contribution in [2.45, 2.75) is 46.1 Å². The van der Waals surface area contributed by atoms with Gasteiger partial charge in [0.1, 0.15) is 0 Å². The molecule has 1 aromatic carbocycles. The summed E-state index contributed by atoms with van der Waals surface area (Å²) in [6.07, 6.45) is 0.569. The van der Waals surface area contributed by atoms with Crippen molar-refractivity contribution >= 4 is 5.78 Å². The largest absolute Gasteiger partial charge is 0.314 e. The van der Waals surface area contributed by atoms with E-state index in [1.165, 1.54) is 5.56 Å². The highest BCUT2D eigenvalue weighted by molar-refractivity contribution is 5.96. The van der Waals surface area contributed by atoms with Crippen molar-refractivity contribution in [2.24, 2.45) is 0 Å². The van der Waals surface area contributed by atoms with Crippen LogP contribution in [0.15, 0.2) is 24.3 Å². The van der Waals surface area contributed by atoms with E-state index < -0.39 is 0 Å². The zero-order chi connectivity index (χ0) is 12.8. The highest BCUT2D eigenvalue weighted by atomic mass is 16.1. The summed E-state index contributed by atoms with van der Waals surface area (Å²) in [6.45, 7) is 9.24. The molecule has 2 heteroatoms. The maximum Gasteiger partial charge on any atom is 0.164 e. The topological polar surface area (TPSA) is 29.1 Å². The van der Waals surface area contributed by atoms with Gasteiger partial charge in [-0.25, -0.2) is 0 Å². The highest BCUT2D eigenvalue weighted by Gasteiger charge is 2.06. The third kappa shape index (κ3) is 4.70. The van der Waals surface area contributed by atoms with Crippen LogP contribution in [0, 0.1) is 0 Å². The van der Waals surface area contributed by atoms with Gasteiger partial charge in [0.2, 0.25) is 0 Å². The van der Waals surface area contributed by atoms with Gasteiger partial charge in [-0.15, -0.1) is 0 Å². The van der Waals surface area contributed by atoms with E-state index in [1.807, 2.05) is 24.3 Å². The molecule has 17 heavy (non-hydrogen) atoms. The number of hydrogen-bond acceptors (Lipinski definition) is 2. The summed E-state index contributed by atoms with van der Waals surface area (Å²) in [5.41, 5.74) is 2.10. The Labute approximate surface area is 104 Å². The van der Waals surface area contributed by atoms with Crippen LogP contribution < -0.4 is 5.32 Å². The van der Waals surface area contributed by atoms with E-state index in [4.69, 9.17) is 0 Å². The van der Waals surface area contributed by atoms with Crippen molar-refractivity contribution in [3.8, 4) is 0 Å². The summed E-state index contributed by atoms with van der Waals surface area (Å²) in [6, 6.07) is 8.41. The number of carbonyl (C=O) groups is 1. The molecule has 1 rings (SSSR count). The molecule has 0 spiro atoms. The van der Waals surface area contributed by atoms with Crippen LogP contribution in [0.1, 0.15) is 56.0 Å². The lowest BCUT2D eigenvalue weighted by molar-refractivity contribution is 0.0982. The molecule has 0 unspecified atom stereocenters. The number of benzene rings is 1. The number of ketones is 1. The first-order chi connectivity index (χ1) is 8.00. The van der Waals surface area contributed by atoms with Crippen LogP contribution in [0.2, 0.25) is 0 Å². The molecule has 0 saturated heterocycles. The Bertz CT molecular complexity index is 352. The fraction of sp³-hybridized carbons (Fsp3) is 0.533. The third-order valence-corrected chi connectivity index (χ3v) is 2.80. The average molecular weight is 233 g/mol. The monoisotopic (exact) mass is 233 g/mol. The minimum absolute atomic E-state index is 0.216. The molecule has 0 aliphatic rings. The van der Waals surface area contributed by atoms with Crippen LogP contribution in [-0.4, -0.2) is 18.4 Å². The van der Waals surface area contributed by atoms with Gasteiger partial charge in [-0.3, -0.25) is 4.79 Å². The molecule has 1 N–H and O–H groups in total. The summed E-state index contributed by atoms with van der Waals surface area (Å²) >= 11 is 0. The Morgan fingerprint density at radius 3 is 2.18 bits per heavy atom. The van der Waals surface area contributed by atoms with Crippen molar-refractivity contribution in [1.82, 2.24) is 5.32 Å². The Hall–Kier alpha value is -1.15. The summed E-state index contributed by atoms with van der Waals surface area (Å²) in [7, 11) is 0. The maximum absolute atomic E-state index is 11.9. The van der Waals surface area contributed by atoms with Crippen molar-refractivity contribution in [1.29, 1.82) is 0 Å². The van der Waals surface area contributed by atoms with Gasteiger partial charge in [0.25, 0.3) is 0 Å². The van der Waals surface area contributed by atoms with E-state index in [0.29, 0.717) is 18.4 Å². The van der Waals surface area contributed by atoms with E-state index in [0.717, 1.165) is 12.1 Å². The summed E-state index contributed by atoms with van der Waals surface area (Å²) in [4.78, 5) is 11.9. The molecule has 1 aromatic rings. The second kappa shape index (κ2) is 6.55. The van der Waals surface area contributed by atoms with Crippen LogP contribution in [0.25, 0.3) is 0 Å². The Morgan fingerprint density at radius 2 is 1.71 bits per heavy atom. The molecule has 0 amide bonds. The van der Waals surface area contributed by atoms with Crippen LogP contribution >= 0.6 is 0 Å². The zero-order valence-corrected chi connectivity index (χ0v) is 11.3. The molecule has 0 saturated carbocycles. The predicted molar refractivity (Wildman–Crippen MR) is 72.6 cm³/mol. The van der Waals surface area contributed by atoms with Crippen LogP contribution in [0.3, 0.4) is 0 Å². The van der Waals surface area contributed by atoms with Crippen molar-refractivity contribution in [2.75, 3.05) is 6.54 Å². The normalized spacial score (nSPS) is 11.2. The molecule has 0 fully saturated rings. The SMILES string of the molecule is CC(C)NCCC(=O)c1ccc(C(C)C)cc1. The van der Waals surface area contributed by atoms with Crippen LogP contribution in [0.5, 0.6) is 0 Å². The molecule has 0 bridgehead atoms. The molecule has 2 nitrogen and oxygen atoms in total. The Balaban J connectivity index is 2.52. The molecule has 94 valence electrons. The molecule has 0 aromatic heterocycles. The fourth-order valence-electron chi connectivity index (χ4n) is 1.67. The lowest BCUT2D eigenvalue weighted by Crippen LogP contribution is -2.25. The summed E-state index contributed by atoms with van der Waals surface area (Å²) in [5, 5.41) is 3.25. The summed E-state index contributed by atoms with van der Waals surface area (Å²) in [5.74, 6) is 0.732. The molecule has 0 atom stereocenters. The number of Topliss-reactive ketones (excluding diaryl/α,β-unsaturated/α-hetero) is 1. The van der Waals surface area contributed by atoms with Gasteiger partial charge in [-0.2, -0.15) is 0 Å². The van der Waals surface area contributed by atoms with Gasteiger partial charge in [0, 0.05) is 24.6 Å². The Morgan fingerprint density at radius 1 is 1.12 bits per heavy atom. The van der Waals surface area contributed by atoms with E-state index in [1.54, 1.807) is 0 Å². The quantitative estimate of drug-likeness (QED) is 0.763. The molecule has 0 radical (unpaired) electrons. The van der Waals surface area contributed by atoms with E-state index in [-0.39, 0.29) is 5.78 Å². The lowest BCUT2D eigenvalue weighted by Gasteiger charge is -2.08. The van der Waals surface area contributed by atoms with Gasteiger partial charge >= 0.3 is 0 Å². The number of carbonyl (C=O) groups excluding carboxylic acids is 1. The molecular formula is C15H23NO. The van der Waals surface area contributed by atoms with Gasteiger partial charge in [0.15, 0.2) is 5.78 Å². The van der Waals surface area contributed by atoms with E-state index in [2.05, 4.69) is 33.0 Å². The maximum atomic E-state index is 11.9. The molecule has 0 heterocycles. The van der Waals surface area contributed by atoms with Crippen LogP contribution in [0.4, 0.5) is 0 Å². The highest BCUT2D eigenvalue weighted by Crippen LogP contribution is 2.15. The number of nitrogens with one attached hydrogen (secondary N) is 1. The van der Waals surface area contributed by atoms with Gasteiger partial charge in [0.05, 0.1) is 0 Å². The van der Waals surface area contributed by atoms with Crippen molar-refractivity contribution < 1.29 is 4.79 Å². The predicted octanol–water partition coefficient (Wildman–Crippen LogP) is 3.38. The number of rotatable bonds is 6. The molecule has 0 aliphatic carbocycles. The van der Waals surface area contributed by atoms with E-state index >= 15 is 0 Å². The minimum Gasteiger partial charge on any atom is -0.314 e. The second-order valence-corrected chi connectivity index (χ2v) is 5.06. The van der Waals surface area contributed by atoms with Gasteiger partial charge in [-0.05, 0) is 11.5 Å². The average Bonchev–Trinajstić information content (AvgIpc) is 2.28. The molecular weight excluding hydrogens is 210 g/mol. The van der Waals surface area contributed by atoms with Crippen molar-refractivity contribution in [3.05, 3.63) is 35.4 Å². The zero-order valence-electron chi connectivity index (χ0n) is 11.3. The first-order valence-electron chi connectivity index (χ1n) is 6.37. The minimum atomic E-state index is 0.216. The fourth-order valence-corrected chi connectivity index (χ4v) is 1.67. The second-order valence-electron chi connectivity index (χ2n) is 5.06. The summed E-state index contributed by atoms with van der Waals surface area (Å²) < 4.78 is 0. The van der Waals surface area contributed by atoms with Gasteiger partial charge in [-0.1, -0.05) is 52.0 Å². The third-order valence-electron chi connectivity index (χ3n) is 2.80. The Kier molecular flexibility index (Phi) is 5.36.